The van der Waals surface area contributed by atoms with Crippen molar-refractivity contribution in [2.45, 2.75) is 46.8 Å². The molecular weight excluding hydrogens is 286 g/mol. The second-order valence-corrected chi connectivity index (χ2v) is 6.66. The highest BCUT2D eigenvalue weighted by Gasteiger charge is 2.15. The molecule has 1 aromatic heterocycles. The molecule has 118 valence electrons. The average molecular weight is 311 g/mol. The number of nitrogens with one attached hydrogen (secondary N) is 2. The van der Waals surface area contributed by atoms with E-state index in [1.807, 2.05) is 27.7 Å². The third kappa shape index (κ3) is 7.13. The van der Waals surface area contributed by atoms with Crippen molar-refractivity contribution in [3.05, 3.63) is 21.9 Å². The van der Waals surface area contributed by atoms with Gasteiger partial charge in [0.1, 0.15) is 12.1 Å². The molecule has 0 saturated carbocycles. The first-order valence-corrected chi connectivity index (χ1v) is 7.97. The van der Waals surface area contributed by atoms with Crippen molar-refractivity contribution in [2.75, 3.05) is 13.1 Å². The van der Waals surface area contributed by atoms with Crippen LogP contribution in [0.15, 0.2) is 16.4 Å². The number of hydrogen-bond donors (Lipinski definition) is 2. The molecule has 0 aliphatic carbocycles. The SMILES string of the molecule is CCNC(=NCC(=O)OC(C)(C)C)NCc1sccc1C. The number of rotatable bonds is 5. The number of thiophene rings is 1. The van der Waals surface area contributed by atoms with E-state index in [0.29, 0.717) is 12.5 Å². The van der Waals surface area contributed by atoms with E-state index in [2.05, 4.69) is 34.0 Å². The zero-order valence-corrected chi connectivity index (χ0v) is 14.3. The van der Waals surface area contributed by atoms with Gasteiger partial charge in [-0.3, -0.25) is 4.79 Å². The predicted molar refractivity (Wildman–Crippen MR) is 87.7 cm³/mol. The van der Waals surface area contributed by atoms with E-state index in [4.69, 9.17) is 4.74 Å². The third-order valence-electron chi connectivity index (χ3n) is 2.52. The van der Waals surface area contributed by atoms with Crippen LogP contribution < -0.4 is 10.6 Å². The number of carbonyl (C=O) groups is 1. The van der Waals surface area contributed by atoms with Gasteiger partial charge in [0, 0.05) is 11.4 Å². The van der Waals surface area contributed by atoms with Crippen molar-refractivity contribution in [3.8, 4) is 0 Å². The molecule has 1 aromatic rings. The summed E-state index contributed by atoms with van der Waals surface area (Å²) in [6.07, 6.45) is 0. The van der Waals surface area contributed by atoms with Gasteiger partial charge < -0.3 is 15.4 Å². The van der Waals surface area contributed by atoms with Gasteiger partial charge in [0.15, 0.2) is 5.96 Å². The Kier molecular flexibility index (Phi) is 6.68. The number of guanidine groups is 1. The highest BCUT2D eigenvalue weighted by molar-refractivity contribution is 7.10. The van der Waals surface area contributed by atoms with Crippen molar-refractivity contribution >= 4 is 23.3 Å². The molecule has 5 nitrogen and oxygen atoms in total. The van der Waals surface area contributed by atoms with E-state index in [0.717, 1.165) is 6.54 Å². The zero-order valence-electron chi connectivity index (χ0n) is 13.4. The maximum Gasteiger partial charge on any atom is 0.328 e. The van der Waals surface area contributed by atoms with Crippen molar-refractivity contribution < 1.29 is 9.53 Å². The molecule has 2 N–H and O–H groups in total. The maximum absolute atomic E-state index is 11.7. The summed E-state index contributed by atoms with van der Waals surface area (Å²) in [6, 6.07) is 2.09. The van der Waals surface area contributed by atoms with Crippen molar-refractivity contribution in [3.63, 3.8) is 0 Å². The summed E-state index contributed by atoms with van der Waals surface area (Å²) >= 11 is 1.70. The molecule has 0 aromatic carbocycles. The summed E-state index contributed by atoms with van der Waals surface area (Å²) in [6.45, 7) is 11.1. The van der Waals surface area contributed by atoms with Crippen LogP contribution in [0.4, 0.5) is 0 Å². The molecule has 0 amide bonds. The predicted octanol–water partition coefficient (Wildman–Crippen LogP) is 2.45. The molecule has 0 fully saturated rings. The van der Waals surface area contributed by atoms with Gasteiger partial charge in [-0.25, -0.2) is 4.99 Å². The lowest BCUT2D eigenvalue weighted by atomic mass is 10.2. The van der Waals surface area contributed by atoms with Gasteiger partial charge in [0.25, 0.3) is 0 Å². The number of carbonyl (C=O) groups excluding carboxylic acids is 1. The second kappa shape index (κ2) is 8.02. The number of ether oxygens (including phenoxy) is 1. The Hall–Kier alpha value is -1.56. The molecule has 0 bridgehead atoms. The number of aryl methyl sites for hydroxylation is 1. The van der Waals surface area contributed by atoms with Crippen LogP contribution in [0, 0.1) is 6.92 Å². The highest BCUT2D eigenvalue weighted by Crippen LogP contribution is 2.14. The highest BCUT2D eigenvalue weighted by atomic mass is 32.1. The Morgan fingerprint density at radius 1 is 1.38 bits per heavy atom. The fourth-order valence-corrected chi connectivity index (χ4v) is 2.45. The normalized spacial score (nSPS) is 12.1. The van der Waals surface area contributed by atoms with Crippen molar-refractivity contribution in [1.29, 1.82) is 0 Å². The zero-order chi connectivity index (χ0) is 15.9. The summed E-state index contributed by atoms with van der Waals surface area (Å²) in [4.78, 5) is 17.2. The lowest BCUT2D eigenvalue weighted by molar-refractivity contribution is -0.152. The minimum atomic E-state index is -0.480. The lowest BCUT2D eigenvalue weighted by Crippen LogP contribution is -2.37. The van der Waals surface area contributed by atoms with Gasteiger partial charge in [-0.15, -0.1) is 11.3 Å². The van der Waals surface area contributed by atoms with Crippen LogP contribution in [0.3, 0.4) is 0 Å². The first-order chi connectivity index (χ1) is 9.81. The molecule has 0 unspecified atom stereocenters. The van der Waals surface area contributed by atoms with Gasteiger partial charge in [-0.05, 0) is 51.6 Å². The van der Waals surface area contributed by atoms with Crippen molar-refractivity contribution in [2.24, 2.45) is 4.99 Å². The molecule has 21 heavy (non-hydrogen) atoms. The Morgan fingerprint density at radius 3 is 2.62 bits per heavy atom. The Morgan fingerprint density at radius 2 is 2.10 bits per heavy atom. The molecule has 0 aliphatic heterocycles. The third-order valence-corrected chi connectivity index (χ3v) is 3.54. The number of esters is 1. The van der Waals surface area contributed by atoms with E-state index >= 15 is 0 Å². The molecule has 1 heterocycles. The van der Waals surface area contributed by atoms with E-state index in [1.165, 1.54) is 10.4 Å². The van der Waals surface area contributed by atoms with E-state index < -0.39 is 5.60 Å². The lowest BCUT2D eigenvalue weighted by Gasteiger charge is -2.19. The van der Waals surface area contributed by atoms with Crippen LogP contribution in [-0.2, 0) is 16.1 Å². The fraction of sp³-hybridized carbons (Fsp3) is 0.600. The summed E-state index contributed by atoms with van der Waals surface area (Å²) < 4.78 is 5.24. The van der Waals surface area contributed by atoms with E-state index in [9.17, 15) is 4.79 Å². The van der Waals surface area contributed by atoms with Crippen LogP contribution in [-0.4, -0.2) is 30.6 Å². The van der Waals surface area contributed by atoms with Gasteiger partial charge in [-0.2, -0.15) is 0 Å². The molecule has 0 spiro atoms. The van der Waals surface area contributed by atoms with E-state index in [-0.39, 0.29) is 12.5 Å². The fourth-order valence-electron chi connectivity index (χ4n) is 1.61. The summed E-state index contributed by atoms with van der Waals surface area (Å²) in [7, 11) is 0. The average Bonchev–Trinajstić information content (AvgIpc) is 2.76. The smallest absolute Gasteiger partial charge is 0.328 e. The molecule has 0 aliphatic rings. The Balaban J connectivity index is 2.54. The molecule has 0 atom stereocenters. The second-order valence-electron chi connectivity index (χ2n) is 5.66. The van der Waals surface area contributed by atoms with Crippen LogP contribution in [0.2, 0.25) is 0 Å². The van der Waals surface area contributed by atoms with Crippen LogP contribution in [0.5, 0.6) is 0 Å². The van der Waals surface area contributed by atoms with Gasteiger partial charge >= 0.3 is 5.97 Å². The van der Waals surface area contributed by atoms with Crippen LogP contribution in [0.25, 0.3) is 0 Å². The van der Waals surface area contributed by atoms with Gasteiger partial charge in [0.2, 0.25) is 0 Å². The standard InChI is InChI=1S/C15H25N3O2S/c1-6-16-14(17-9-12-11(2)7-8-21-12)18-10-13(19)20-15(3,4)5/h7-8H,6,9-10H2,1-5H3,(H2,16,17,18). The topological polar surface area (TPSA) is 62.7 Å². The summed E-state index contributed by atoms with van der Waals surface area (Å²) in [5, 5.41) is 8.41. The van der Waals surface area contributed by atoms with Gasteiger partial charge in [0.05, 0.1) is 6.54 Å². The molecule has 0 saturated heterocycles. The van der Waals surface area contributed by atoms with Gasteiger partial charge in [-0.1, -0.05) is 0 Å². The minimum absolute atomic E-state index is 0.00995. The Labute approximate surface area is 130 Å². The van der Waals surface area contributed by atoms with E-state index in [1.54, 1.807) is 11.3 Å². The molecular formula is C15H25N3O2S. The first kappa shape index (κ1) is 17.5. The van der Waals surface area contributed by atoms with Crippen LogP contribution >= 0.6 is 11.3 Å². The maximum atomic E-state index is 11.7. The van der Waals surface area contributed by atoms with Crippen LogP contribution in [0.1, 0.15) is 38.1 Å². The monoisotopic (exact) mass is 311 g/mol. The number of hydrogen-bond acceptors (Lipinski definition) is 4. The molecule has 6 heteroatoms. The van der Waals surface area contributed by atoms with Crippen molar-refractivity contribution in [1.82, 2.24) is 10.6 Å². The number of nitrogens with zero attached hydrogens (tertiary/aromatic N) is 1. The molecule has 1 rings (SSSR count). The first-order valence-electron chi connectivity index (χ1n) is 7.09. The number of aliphatic imine (C=N–C) groups is 1. The Bertz CT molecular complexity index is 489. The molecule has 0 radical (unpaired) electrons. The minimum Gasteiger partial charge on any atom is -0.459 e. The largest absolute Gasteiger partial charge is 0.459 e. The summed E-state index contributed by atoms with van der Waals surface area (Å²) in [5.74, 6) is 0.295. The quantitative estimate of drug-likeness (QED) is 0.498. The summed E-state index contributed by atoms with van der Waals surface area (Å²) in [5.41, 5.74) is 0.780.